The number of unbranched alkanes of at least 4 members (excludes halogenated alkanes) is 2. The molecular weight excluding hydrogens is 328 g/mol. The third kappa shape index (κ3) is 7.80. The quantitative estimate of drug-likeness (QED) is 0.296. The molecule has 2 rings (SSSR count). The van der Waals surface area contributed by atoms with E-state index in [1.54, 1.807) is 0 Å². The summed E-state index contributed by atoms with van der Waals surface area (Å²) >= 11 is 0. The van der Waals surface area contributed by atoms with Gasteiger partial charge in [0, 0.05) is 31.7 Å². The summed E-state index contributed by atoms with van der Waals surface area (Å²) in [6.45, 7) is 10.2. The van der Waals surface area contributed by atoms with Gasteiger partial charge < -0.3 is 25.4 Å². The van der Waals surface area contributed by atoms with E-state index in [2.05, 4.69) is 22.5 Å². The first-order valence-corrected chi connectivity index (χ1v) is 10.7. The summed E-state index contributed by atoms with van der Waals surface area (Å²) in [5, 5.41) is 16.1. The lowest BCUT2D eigenvalue weighted by Gasteiger charge is -2.26. The topological polar surface area (TPSA) is 69.1 Å². The van der Waals surface area contributed by atoms with Crippen LogP contribution < -0.4 is 10.6 Å². The molecule has 152 valence electrons. The van der Waals surface area contributed by atoms with Gasteiger partial charge in [-0.05, 0) is 65.1 Å². The Bertz CT molecular complexity index is 391. The van der Waals surface area contributed by atoms with Crippen molar-refractivity contribution in [1.29, 1.82) is 0 Å². The fourth-order valence-electron chi connectivity index (χ4n) is 3.90. The number of ether oxygens (including phenoxy) is 1. The summed E-state index contributed by atoms with van der Waals surface area (Å²) in [4.78, 5) is 7.39. The van der Waals surface area contributed by atoms with Crippen LogP contribution in [0.1, 0.15) is 58.3 Å². The zero-order valence-electron chi connectivity index (χ0n) is 16.8. The molecule has 0 aromatic heterocycles. The Morgan fingerprint density at radius 1 is 1.15 bits per heavy atom. The SMILES string of the molecule is CCNC(=NCC1(CCO)CCOC1)NCCCCCN1CCCCC1. The van der Waals surface area contributed by atoms with Crippen molar-refractivity contribution in [1.82, 2.24) is 15.5 Å². The molecule has 2 aliphatic rings. The molecule has 3 N–H and O–H groups in total. The second-order valence-corrected chi connectivity index (χ2v) is 7.86. The highest BCUT2D eigenvalue weighted by atomic mass is 16.5. The zero-order chi connectivity index (χ0) is 18.5. The second kappa shape index (κ2) is 12.5. The standard InChI is InChI=1S/C20H40N4O2/c1-2-21-19(23-17-20(9-15-25)10-16-26-18-20)22-11-5-3-6-12-24-13-7-4-8-14-24/h25H,2-18H2,1H3,(H2,21,22,23). The number of aliphatic hydroxyl groups excluding tert-OH is 1. The minimum Gasteiger partial charge on any atom is -0.396 e. The molecular formula is C20H40N4O2. The van der Waals surface area contributed by atoms with Gasteiger partial charge in [0.2, 0.25) is 0 Å². The summed E-state index contributed by atoms with van der Waals surface area (Å²) in [5.41, 5.74) is 0.0194. The van der Waals surface area contributed by atoms with Gasteiger partial charge in [-0.3, -0.25) is 4.99 Å². The highest BCUT2D eigenvalue weighted by molar-refractivity contribution is 5.79. The molecule has 2 saturated heterocycles. The van der Waals surface area contributed by atoms with Crippen LogP contribution in [-0.2, 0) is 4.74 Å². The number of piperidine rings is 1. The number of rotatable bonds is 11. The van der Waals surface area contributed by atoms with Crippen molar-refractivity contribution in [2.24, 2.45) is 10.4 Å². The number of nitrogens with zero attached hydrogens (tertiary/aromatic N) is 2. The maximum Gasteiger partial charge on any atom is 0.191 e. The molecule has 2 fully saturated rings. The van der Waals surface area contributed by atoms with Crippen LogP contribution in [0.15, 0.2) is 4.99 Å². The highest BCUT2D eigenvalue weighted by Crippen LogP contribution is 2.32. The summed E-state index contributed by atoms with van der Waals surface area (Å²) in [5.74, 6) is 0.896. The lowest BCUT2D eigenvalue weighted by Crippen LogP contribution is -2.39. The maximum atomic E-state index is 9.34. The van der Waals surface area contributed by atoms with Crippen molar-refractivity contribution < 1.29 is 9.84 Å². The molecule has 0 aromatic carbocycles. The van der Waals surface area contributed by atoms with Gasteiger partial charge in [0.1, 0.15) is 0 Å². The normalized spacial score (nSPS) is 24.8. The third-order valence-corrected chi connectivity index (χ3v) is 5.64. The Labute approximate surface area is 159 Å². The maximum absolute atomic E-state index is 9.34. The highest BCUT2D eigenvalue weighted by Gasteiger charge is 2.34. The van der Waals surface area contributed by atoms with Crippen LogP contribution in [-0.4, -0.2) is 75.1 Å². The number of nitrogens with one attached hydrogen (secondary N) is 2. The number of hydrogen-bond acceptors (Lipinski definition) is 4. The minimum absolute atomic E-state index is 0.0194. The first kappa shape index (κ1) is 21.5. The van der Waals surface area contributed by atoms with Gasteiger partial charge in [-0.2, -0.15) is 0 Å². The van der Waals surface area contributed by atoms with Crippen molar-refractivity contribution in [2.45, 2.75) is 58.3 Å². The minimum atomic E-state index is 0.0194. The number of hydrogen-bond donors (Lipinski definition) is 3. The van der Waals surface area contributed by atoms with E-state index in [1.807, 2.05) is 0 Å². The number of aliphatic imine (C=N–C) groups is 1. The lowest BCUT2D eigenvalue weighted by atomic mass is 9.84. The van der Waals surface area contributed by atoms with Crippen LogP contribution in [0.5, 0.6) is 0 Å². The first-order valence-electron chi connectivity index (χ1n) is 10.7. The summed E-state index contributed by atoms with van der Waals surface area (Å²) in [7, 11) is 0. The smallest absolute Gasteiger partial charge is 0.191 e. The zero-order valence-corrected chi connectivity index (χ0v) is 16.8. The van der Waals surface area contributed by atoms with Gasteiger partial charge in [0.25, 0.3) is 0 Å². The average Bonchev–Trinajstić information content (AvgIpc) is 3.12. The van der Waals surface area contributed by atoms with E-state index in [4.69, 9.17) is 9.73 Å². The van der Waals surface area contributed by atoms with E-state index >= 15 is 0 Å². The van der Waals surface area contributed by atoms with E-state index in [-0.39, 0.29) is 12.0 Å². The van der Waals surface area contributed by atoms with Gasteiger partial charge >= 0.3 is 0 Å². The Morgan fingerprint density at radius 3 is 2.69 bits per heavy atom. The number of guanidine groups is 1. The van der Waals surface area contributed by atoms with E-state index in [0.717, 1.165) is 45.0 Å². The lowest BCUT2D eigenvalue weighted by molar-refractivity contribution is 0.131. The Balaban J connectivity index is 1.63. The van der Waals surface area contributed by atoms with Crippen LogP contribution in [0.2, 0.25) is 0 Å². The van der Waals surface area contributed by atoms with Crippen LogP contribution in [0.4, 0.5) is 0 Å². The van der Waals surface area contributed by atoms with Crippen molar-refractivity contribution >= 4 is 5.96 Å². The molecule has 0 aromatic rings. The molecule has 2 heterocycles. The van der Waals surface area contributed by atoms with Gasteiger partial charge in [0.15, 0.2) is 5.96 Å². The molecule has 6 nitrogen and oxygen atoms in total. The monoisotopic (exact) mass is 368 g/mol. The molecule has 0 amide bonds. The van der Waals surface area contributed by atoms with E-state index in [0.29, 0.717) is 6.61 Å². The van der Waals surface area contributed by atoms with Crippen LogP contribution >= 0.6 is 0 Å². The molecule has 0 radical (unpaired) electrons. The molecule has 2 aliphatic heterocycles. The van der Waals surface area contributed by atoms with E-state index in [1.165, 1.54) is 58.2 Å². The van der Waals surface area contributed by atoms with Crippen LogP contribution in [0, 0.1) is 5.41 Å². The summed E-state index contributed by atoms with van der Waals surface area (Å²) in [6.07, 6.45) is 9.69. The van der Waals surface area contributed by atoms with Gasteiger partial charge in [0.05, 0.1) is 13.2 Å². The summed E-state index contributed by atoms with van der Waals surface area (Å²) in [6, 6.07) is 0. The van der Waals surface area contributed by atoms with Crippen LogP contribution in [0.3, 0.4) is 0 Å². The largest absolute Gasteiger partial charge is 0.396 e. The van der Waals surface area contributed by atoms with Gasteiger partial charge in [-0.15, -0.1) is 0 Å². The first-order chi connectivity index (χ1) is 12.8. The van der Waals surface area contributed by atoms with Gasteiger partial charge in [-0.25, -0.2) is 0 Å². The molecule has 6 heteroatoms. The molecule has 0 saturated carbocycles. The molecule has 0 spiro atoms. The van der Waals surface area contributed by atoms with Crippen molar-refractivity contribution in [3.8, 4) is 0 Å². The Morgan fingerprint density at radius 2 is 2.00 bits per heavy atom. The Hall–Kier alpha value is -0.850. The van der Waals surface area contributed by atoms with Crippen molar-refractivity contribution in [3.63, 3.8) is 0 Å². The molecule has 1 unspecified atom stereocenters. The van der Waals surface area contributed by atoms with E-state index in [9.17, 15) is 5.11 Å². The third-order valence-electron chi connectivity index (χ3n) is 5.64. The molecule has 26 heavy (non-hydrogen) atoms. The van der Waals surface area contributed by atoms with Crippen molar-refractivity contribution in [2.75, 3.05) is 59.1 Å². The van der Waals surface area contributed by atoms with Crippen LogP contribution in [0.25, 0.3) is 0 Å². The van der Waals surface area contributed by atoms with E-state index < -0.39 is 0 Å². The molecule has 0 aliphatic carbocycles. The second-order valence-electron chi connectivity index (χ2n) is 7.86. The predicted octanol–water partition coefficient (Wildman–Crippen LogP) is 1.99. The number of likely N-dealkylation sites (tertiary alicyclic amines) is 1. The fraction of sp³-hybridized carbons (Fsp3) is 0.950. The summed E-state index contributed by atoms with van der Waals surface area (Å²) < 4.78 is 5.56. The van der Waals surface area contributed by atoms with Crippen molar-refractivity contribution in [3.05, 3.63) is 0 Å². The Kier molecular flexibility index (Phi) is 10.3. The average molecular weight is 369 g/mol. The fourth-order valence-corrected chi connectivity index (χ4v) is 3.90. The number of aliphatic hydroxyl groups is 1. The predicted molar refractivity (Wildman–Crippen MR) is 108 cm³/mol. The van der Waals surface area contributed by atoms with Gasteiger partial charge in [-0.1, -0.05) is 12.8 Å². The molecule has 1 atom stereocenters. The molecule has 0 bridgehead atoms.